The SMILES string of the molecule is C#C[C@H]1O[C@H]1CCCNS(=O)(=O)c1ccc(C)cc1. The molecule has 0 unspecified atom stereocenters. The Labute approximate surface area is 114 Å². The lowest BCUT2D eigenvalue weighted by molar-refractivity contribution is 0.378. The first-order valence-electron chi connectivity index (χ1n) is 6.21. The van der Waals surface area contributed by atoms with E-state index in [1.165, 1.54) is 0 Å². The van der Waals surface area contributed by atoms with Gasteiger partial charge in [-0.2, -0.15) is 0 Å². The van der Waals surface area contributed by atoms with E-state index in [2.05, 4.69) is 10.6 Å². The molecule has 2 atom stereocenters. The molecule has 0 amide bonds. The van der Waals surface area contributed by atoms with E-state index in [4.69, 9.17) is 11.2 Å². The number of benzene rings is 1. The molecule has 1 fully saturated rings. The van der Waals surface area contributed by atoms with Gasteiger partial charge in [-0.3, -0.25) is 0 Å². The lowest BCUT2D eigenvalue weighted by Gasteiger charge is -2.06. The number of nitrogens with one attached hydrogen (secondary N) is 1. The van der Waals surface area contributed by atoms with Crippen molar-refractivity contribution < 1.29 is 13.2 Å². The first kappa shape index (κ1) is 14.1. The lowest BCUT2D eigenvalue weighted by Crippen LogP contribution is -2.25. The number of rotatable bonds is 6. The maximum Gasteiger partial charge on any atom is 0.240 e. The van der Waals surface area contributed by atoms with Crippen molar-refractivity contribution in [2.45, 2.75) is 36.9 Å². The van der Waals surface area contributed by atoms with Crippen LogP contribution in [0.5, 0.6) is 0 Å². The molecule has 0 saturated carbocycles. The van der Waals surface area contributed by atoms with Gasteiger partial charge in [0.2, 0.25) is 10.0 Å². The molecule has 1 saturated heterocycles. The Hall–Kier alpha value is -1.35. The van der Waals surface area contributed by atoms with Crippen molar-refractivity contribution in [1.29, 1.82) is 0 Å². The van der Waals surface area contributed by atoms with Gasteiger partial charge in [0.05, 0.1) is 11.0 Å². The zero-order valence-electron chi connectivity index (χ0n) is 10.8. The van der Waals surface area contributed by atoms with Crippen LogP contribution >= 0.6 is 0 Å². The van der Waals surface area contributed by atoms with Crippen LogP contribution in [0.15, 0.2) is 29.2 Å². The molecule has 5 heteroatoms. The van der Waals surface area contributed by atoms with Gasteiger partial charge < -0.3 is 4.74 Å². The monoisotopic (exact) mass is 279 g/mol. The molecule has 102 valence electrons. The van der Waals surface area contributed by atoms with E-state index in [0.717, 1.165) is 12.0 Å². The molecule has 1 aliphatic rings. The molecule has 0 aliphatic carbocycles. The van der Waals surface area contributed by atoms with Crippen molar-refractivity contribution >= 4 is 10.0 Å². The topological polar surface area (TPSA) is 58.7 Å². The molecular weight excluding hydrogens is 262 g/mol. The molecule has 1 aromatic carbocycles. The van der Waals surface area contributed by atoms with Crippen molar-refractivity contribution in [3.63, 3.8) is 0 Å². The Morgan fingerprint density at radius 2 is 2.05 bits per heavy atom. The number of hydrogen-bond donors (Lipinski definition) is 1. The first-order valence-corrected chi connectivity index (χ1v) is 7.69. The lowest BCUT2D eigenvalue weighted by atomic mass is 10.2. The van der Waals surface area contributed by atoms with Gasteiger partial charge >= 0.3 is 0 Å². The zero-order valence-corrected chi connectivity index (χ0v) is 11.6. The molecule has 1 aliphatic heterocycles. The number of epoxide rings is 1. The number of aryl methyl sites for hydroxylation is 1. The van der Waals surface area contributed by atoms with E-state index >= 15 is 0 Å². The quantitative estimate of drug-likeness (QED) is 0.487. The standard InChI is InChI=1S/C14H17NO3S/c1-3-13-14(18-13)5-4-10-15-19(16,17)12-8-6-11(2)7-9-12/h1,6-9,13-15H,4-5,10H2,2H3/t13-,14+/m1/s1. The van der Waals surface area contributed by atoms with Gasteiger partial charge in [-0.05, 0) is 31.9 Å². The normalized spacial score (nSPS) is 21.9. The van der Waals surface area contributed by atoms with Gasteiger partial charge in [-0.15, -0.1) is 6.42 Å². The maximum atomic E-state index is 11.9. The predicted molar refractivity (Wildman–Crippen MR) is 73.1 cm³/mol. The highest BCUT2D eigenvalue weighted by Crippen LogP contribution is 2.25. The fourth-order valence-corrected chi connectivity index (χ4v) is 2.89. The van der Waals surface area contributed by atoms with Crippen LogP contribution in [-0.4, -0.2) is 27.2 Å². The van der Waals surface area contributed by atoms with Crippen LogP contribution in [0.1, 0.15) is 18.4 Å². The highest BCUT2D eigenvalue weighted by atomic mass is 32.2. The van der Waals surface area contributed by atoms with Gasteiger partial charge in [-0.1, -0.05) is 23.6 Å². The van der Waals surface area contributed by atoms with Crippen LogP contribution in [0.2, 0.25) is 0 Å². The first-order chi connectivity index (χ1) is 9.03. The fourth-order valence-electron chi connectivity index (χ4n) is 1.82. The van der Waals surface area contributed by atoms with Gasteiger partial charge in [0.15, 0.2) is 0 Å². The summed E-state index contributed by atoms with van der Waals surface area (Å²) >= 11 is 0. The molecule has 1 heterocycles. The van der Waals surface area contributed by atoms with Crippen molar-refractivity contribution in [3.8, 4) is 12.3 Å². The number of sulfonamides is 1. The molecule has 0 bridgehead atoms. The molecular formula is C14H17NO3S. The van der Waals surface area contributed by atoms with Crippen molar-refractivity contribution in [2.24, 2.45) is 0 Å². The number of ether oxygens (including phenoxy) is 1. The molecule has 0 spiro atoms. The van der Waals surface area contributed by atoms with Gasteiger partial charge in [0.25, 0.3) is 0 Å². The third kappa shape index (κ3) is 3.80. The van der Waals surface area contributed by atoms with Gasteiger partial charge in [-0.25, -0.2) is 13.1 Å². The second-order valence-corrected chi connectivity index (χ2v) is 6.38. The van der Waals surface area contributed by atoms with Gasteiger partial charge in [0.1, 0.15) is 6.10 Å². The summed E-state index contributed by atoms with van der Waals surface area (Å²) in [7, 11) is -3.40. The van der Waals surface area contributed by atoms with Crippen LogP contribution in [0.4, 0.5) is 0 Å². The van der Waals surface area contributed by atoms with Crippen molar-refractivity contribution in [1.82, 2.24) is 4.72 Å². The Morgan fingerprint density at radius 3 is 2.63 bits per heavy atom. The maximum absolute atomic E-state index is 11.9. The zero-order chi connectivity index (χ0) is 13.9. The largest absolute Gasteiger partial charge is 0.356 e. The molecule has 1 N–H and O–H groups in total. The highest BCUT2D eigenvalue weighted by molar-refractivity contribution is 7.89. The minimum atomic E-state index is -3.40. The average molecular weight is 279 g/mol. The molecule has 1 aromatic rings. The van der Waals surface area contributed by atoms with Crippen molar-refractivity contribution in [2.75, 3.05) is 6.54 Å². The average Bonchev–Trinajstić information content (AvgIpc) is 3.14. The Morgan fingerprint density at radius 1 is 1.37 bits per heavy atom. The van der Waals surface area contributed by atoms with Crippen LogP contribution in [0.3, 0.4) is 0 Å². The third-order valence-corrected chi connectivity index (χ3v) is 4.51. The van der Waals surface area contributed by atoms with Crippen LogP contribution in [0.25, 0.3) is 0 Å². The van der Waals surface area contributed by atoms with E-state index in [1.807, 2.05) is 6.92 Å². The summed E-state index contributed by atoms with van der Waals surface area (Å²) in [6.45, 7) is 2.31. The summed E-state index contributed by atoms with van der Waals surface area (Å²) in [5, 5.41) is 0. The van der Waals surface area contributed by atoms with E-state index in [1.54, 1.807) is 24.3 Å². The van der Waals surface area contributed by atoms with Crippen LogP contribution < -0.4 is 4.72 Å². The predicted octanol–water partition coefficient (Wildman–Crippen LogP) is 1.45. The summed E-state index contributed by atoms with van der Waals surface area (Å²) in [5.41, 5.74) is 1.03. The van der Waals surface area contributed by atoms with E-state index in [0.29, 0.717) is 17.9 Å². The highest BCUT2D eigenvalue weighted by Gasteiger charge is 2.36. The summed E-state index contributed by atoms with van der Waals surface area (Å²) in [5.74, 6) is 2.52. The molecule has 4 nitrogen and oxygen atoms in total. The minimum Gasteiger partial charge on any atom is -0.356 e. The Bertz CT molecular complexity index is 572. The van der Waals surface area contributed by atoms with Crippen molar-refractivity contribution in [3.05, 3.63) is 29.8 Å². The fraction of sp³-hybridized carbons (Fsp3) is 0.429. The Balaban J connectivity index is 1.78. The van der Waals surface area contributed by atoms with E-state index in [-0.39, 0.29) is 12.2 Å². The smallest absolute Gasteiger partial charge is 0.240 e. The minimum absolute atomic E-state index is 0.0753. The summed E-state index contributed by atoms with van der Waals surface area (Å²) < 4.78 is 31.7. The second-order valence-electron chi connectivity index (χ2n) is 4.61. The number of hydrogen-bond acceptors (Lipinski definition) is 3. The third-order valence-electron chi connectivity index (χ3n) is 3.04. The van der Waals surface area contributed by atoms with E-state index < -0.39 is 10.0 Å². The Kier molecular flexibility index (Phi) is 4.25. The van der Waals surface area contributed by atoms with E-state index in [9.17, 15) is 8.42 Å². The van der Waals surface area contributed by atoms with Crippen LogP contribution in [0, 0.1) is 19.3 Å². The molecule has 19 heavy (non-hydrogen) atoms. The molecule has 0 aromatic heterocycles. The summed E-state index contributed by atoms with van der Waals surface area (Å²) in [6, 6.07) is 6.78. The second kappa shape index (κ2) is 5.74. The summed E-state index contributed by atoms with van der Waals surface area (Å²) in [4.78, 5) is 0.294. The molecule has 2 rings (SSSR count). The van der Waals surface area contributed by atoms with Crippen LogP contribution in [-0.2, 0) is 14.8 Å². The summed E-state index contributed by atoms with van der Waals surface area (Å²) in [6.07, 6.45) is 6.73. The van der Waals surface area contributed by atoms with Gasteiger partial charge in [0, 0.05) is 6.54 Å². The number of terminal acetylenes is 1. The molecule has 0 radical (unpaired) electrons.